The third kappa shape index (κ3) is 4.41. The number of hydrogen-bond acceptors (Lipinski definition) is 1. The van der Waals surface area contributed by atoms with Gasteiger partial charge in [0, 0.05) is 0 Å². The maximum atomic E-state index is 2.59. The van der Waals surface area contributed by atoms with Gasteiger partial charge in [-0.2, -0.15) is 0 Å². The van der Waals surface area contributed by atoms with E-state index >= 15 is 0 Å². The van der Waals surface area contributed by atoms with E-state index in [0.717, 1.165) is 0 Å². The Hall–Kier alpha value is 2.37. The van der Waals surface area contributed by atoms with Crippen LogP contribution in [0.15, 0.2) is 0 Å². The summed E-state index contributed by atoms with van der Waals surface area (Å²) in [6.07, 6.45) is 0. The Morgan fingerprint density at radius 3 is 1.70 bits per heavy atom. The highest BCUT2D eigenvalue weighted by Gasteiger charge is 2.31. The molecule has 0 saturated carbocycles. The van der Waals surface area contributed by atoms with E-state index < -0.39 is 0.725 Å². The molecule has 0 aliphatic carbocycles. The third-order valence-corrected chi connectivity index (χ3v) is 8.35. The van der Waals surface area contributed by atoms with Crippen molar-refractivity contribution in [2.45, 2.75) is 26.8 Å². The average molecular weight is 495 g/mol. The van der Waals surface area contributed by atoms with E-state index in [1.165, 1.54) is 6.54 Å². The van der Waals surface area contributed by atoms with Crippen LogP contribution in [-0.2, 0) is 0 Å². The molecule has 0 aliphatic rings. The zero-order valence-corrected chi connectivity index (χ0v) is 13.8. The largest absolute Gasteiger partial charge is 0.329 e. The van der Waals surface area contributed by atoms with Gasteiger partial charge >= 0.3 is 0.725 Å². The van der Waals surface area contributed by atoms with Gasteiger partial charge in [0.1, 0.15) is 0 Å². The summed E-state index contributed by atoms with van der Waals surface area (Å²) in [6.45, 7) is 7.94. The Morgan fingerprint density at radius 1 is 1.30 bits per heavy atom. The van der Waals surface area contributed by atoms with Crippen LogP contribution in [0.4, 0.5) is 0 Å². The normalized spacial score (nSPS) is 13.2. The van der Waals surface area contributed by atoms with Gasteiger partial charge in [-0.15, -0.1) is 0 Å². The van der Waals surface area contributed by atoms with E-state index in [0.29, 0.717) is 6.04 Å². The lowest BCUT2D eigenvalue weighted by molar-refractivity contribution is 0.395. The lowest BCUT2D eigenvalue weighted by Gasteiger charge is -2.31. The molecular weight excluding hydrogens is 483 g/mol. The molecule has 0 radical (unpaired) electrons. The van der Waals surface area contributed by atoms with E-state index in [1.807, 2.05) is 0 Å². The highest BCUT2D eigenvalue weighted by Crippen LogP contribution is 2.34. The Bertz CT molecular complexity index is 102. The van der Waals surface area contributed by atoms with Crippen LogP contribution < -0.4 is 0 Å². The fourth-order valence-corrected chi connectivity index (χ4v) is 9.87. The van der Waals surface area contributed by atoms with Gasteiger partial charge in [0.05, 0.1) is 0 Å². The van der Waals surface area contributed by atoms with Crippen molar-refractivity contribution in [2.75, 3.05) is 6.54 Å². The fourth-order valence-electron chi connectivity index (χ4n) is 0.837. The predicted molar refractivity (Wildman–Crippen MR) is 75.3 cm³/mol. The lowest BCUT2D eigenvalue weighted by Crippen LogP contribution is -2.43. The number of hydrogen-bond donors (Lipinski definition) is 0. The first-order valence-corrected chi connectivity index (χ1v) is 14.5. The first-order chi connectivity index (χ1) is 4.39. The molecule has 10 heavy (non-hydrogen) atoms. The standard InChI is InChI=1S/C5H12I3NSi/c1-4-9(5(2)3)10(6,7)8/h5H,4H2,1-3H3. The van der Waals surface area contributed by atoms with Crippen LogP contribution in [0.3, 0.4) is 0 Å². The van der Waals surface area contributed by atoms with Crippen molar-refractivity contribution in [3.05, 3.63) is 0 Å². The highest BCUT2D eigenvalue weighted by atomic mass is 127. The van der Waals surface area contributed by atoms with Gasteiger partial charge < -0.3 is 0 Å². The second kappa shape index (κ2) is 5.17. The summed E-state index contributed by atoms with van der Waals surface area (Å²) in [5.41, 5.74) is 0. The van der Waals surface area contributed by atoms with Crippen LogP contribution in [0, 0.1) is 0 Å². The molecule has 0 N–H and O–H groups in total. The van der Waals surface area contributed by atoms with Gasteiger partial charge in [-0.3, -0.25) is 4.57 Å². The predicted octanol–water partition coefficient (Wildman–Crippen LogP) is 3.46. The van der Waals surface area contributed by atoms with Crippen molar-refractivity contribution >= 4 is 66.1 Å². The number of halogens is 3. The molecule has 0 atom stereocenters. The SMILES string of the molecule is CCN(C(C)C)[Si](I)(I)I. The smallest absolute Gasteiger partial charge is 0.298 e. The average Bonchev–Trinajstić information content (AvgIpc) is 1.60. The summed E-state index contributed by atoms with van der Waals surface area (Å²) < 4.78 is 1.47. The quantitative estimate of drug-likeness (QED) is 0.330. The molecule has 0 aromatic carbocycles. The topological polar surface area (TPSA) is 3.24 Å². The van der Waals surface area contributed by atoms with Gasteiger partial charge in [0.25, 0.3) is 0 Å². The second-order valence-electron chi connectivity index (χ2n) is 2.35. The van der Waals surface area contributed by atoms with E-state index in [2.05, 4.69) is 90.7 Å². The molecule has 1 nitrogen and oxygen atoms in total. The van der Waals surface area contributed by atoms with Crippen LogP contribution in [0.5, 0.6) is 0 Å². The maximum absolute atomic E-state index is 2.59. The van der Waals surface area contributed by atoms with Crippen molar-refractivity contribution in [3.8, 4) is 0 Å². The Morgan fingerprint density at radius 2 is 1.70 bits per heavy atom. The van der Waals surface area contributed by atoms with Crippen LogP contribution in [0.25, 0.3) is 0 Å². The molecule has 0 fully saturated rings. The van der Waals surface area contributed by atoms with Gasteiger partial charge in [0.15, 0.2) is 0 Å². The lowest BCUT2D eigenvalue weighted by atomic mass is 10.4. The van der Waals surface area contributed by atoms with Crippen LogP contribution >= 0.6 is 65.4 Å². The second-order valence-corrected chi connectivity index (χ2v) is 36.5. The maximum Gasteiger partial charge on any atom is 0.329 e. The molecule has 5 heteroatoms. The van der Waals surface area contributed by atoms with E-state index in [-0.39, 0.29) is 0 Å². The van der Waals surface area contributed by atoms with Gasteiger partial charge in [0.2, 0.25) is 0 Å². The van der Waals surface area contributed by atoms with Gasteiger partial charge in [-0.25, -0.2) is 0 Å². The highest BCUT2D eigenvalue weighted by molar-refractivity contribution is 14.4. The van der Waals surface area contributed by atoms with E-state index in [9.17, 15) is 0 Å². The fraction of sp³-hybridized carbons (Fsp3) is 1.00. The van der Waals surface area contributed by atoms with E-state index in [4.69, 9.17) is 0 Å². The third-order valence-electron chi connectivity index (χ3n) is 1.29. The first kappa shape index (κ1) is 12.4. The summed E-state index contributed by atoms with van der Waals surface area (Å²) in [7, 11) is 0. The Balaban J connectivity index is 4.07. The van der Waals surface area contributed by atoms with Crippen molar-refractivity contribution in [3.63, 3.8) is 0 Å². The molecule has 0 bridgehead atoms. The molecule has 0 aromatic rings. The molecule has 62 valence electrons. The van der Waals surface area contributed by atoms with Crippen molar-refractivity contribution in [2.24, 2.45) is 0 Å². The summed E-state index contributed by atoms with van der Waals surface area (Å²) in [5.74, 6) is 0. The van der Waals surface area contributed by atoms with Gasteiger partial charge in [-0.1, -0.05) is 86.2 Å². The molecular formula is C5H12I3NSi. The Labute approximate surface area is 102 Å². The summed E-state index contributed by atoms with van der Waals surface area (Å²) in [5, 5.41) is 0. The van der Waals surface area contributed by atoms with Gasteiger partial charge in [-0.05, 0) is 12.6 Å². The van der Waals surface area contributed by atoms with Crippen molar-refractivity contribution in [1.82, 2.24) is 4.57 Å². The molecule has 0 amide bonds. The van der Waals surface area contributed by atoms with Crippen molar-refractivity contribution < 1.29 is 0 Å². The zero-order valence-electron chi connectivity index (χ0n) is 6.37. The molecule has 0 spiro atoms. The summed E-state index contributed by atoms with van der Waals surface area (Å²) >= 11 is 7.78. The zero-order chi connectivity index (χ0) is 8.36. The molecule has 0 rings (SSSR count). The van der Waals surface area contributed by atoms with Crippen LogP contribution in [-0.4, -0.2) is 17.9 Å². The number of rotatable bonds is 3. The van der Waals surface area contributed by atoms with E-state index in [1.54, 1.807) is 0 Å². The molecule has 0 aliphatic heterocycles. The van der Waals surface area contributed by atoms with Crippen LogP contribution in [0.2, 0.25) is 0 Å². The summed E-state index contributed by atoms with van der Waals surface area (Å²) in [6, 6.07) is 0.697. The van der Waals surface area contributed by atoms with Crippen molar-refractivity contribution in [1.29, 1.82) is 0 Å². The molecule has 0 unspecified atom stereocenters. The monoisotopic (exact) mass is 495 g/mol. The minimum Gasteiger partial charge on any atom is -0.298 e. The minimum absolute atomic E-state index is 0.697. The van der Waals surface area contributed by atoms with Crippen LogP contribution in [0.1, 0.15) is 20.8 Å². The number of nitrogens with zero attached hydrogens (tertiary/aromatic N) is 1. The molecule has 0 heterocycles. The minimum atomic E-state index is -1.11. The summed E-state index contributed by atoms with van der Waals surface area (Å²) in [4.78, 5) is 0. The molecule has 0 saturated heterocycles. The Kier molecular flexibility index (Phi) is 6.40. The first-order valence-electron chi connectivity index (χ1n) is 3.23. The molecule has 0 aromatic heterocycles.